The van der Waals surface area contributed by atoms with E-state index in [4.69, 9.17) is 5.11 Å². The van der Waals surface area contributed by atoms with Crippen LogP contribution in [0.1, 0.15) is 21.2 Å². The van der Waals surface area contributed by atoms with Gasteiger partial charge in [0.2, 0.25) is 5.91 Å². The predicted molar refractivity (Wildman–Crippen MR) is 44.0 cm³/mol. The number of nitrogens with one attached hydrogen (secondary N) is 1. The van der Waals surface area contributed by atoms with Crippen LogP contribution in [0, 0.1) is 0 Å². The predicted octanol–water partition coefficient (Wildman–Crippen LogP) is 1.49. The minimum absolute atomic E-state index is 0. The number of rotatable bonds is 1. The highest BCUT2D eigenvalue weighted by atomic mass is 16.3. The van der Waals surface area contributed by atoms with Crippen molar-refractivity contribution in [3.8, 4) is 0 Å². The number of aliphatic hydroxyl groups excluding tert-OH is 1. The molecule has 1 rings (SSSR count). The zero-order valence-corrected chi connectivity index (χ0v) is 6.42. The van der Waals surface area contributed by atoms with Crippen molar-refractivity contribution in [2.45, 2.75) is 19.8 Å². The molecule has 1 aliphatic carbocycles. The molecule has 0 bridgehead atoms. The van der Waals surface area contributed by atoms with E-state index in [2.05, 4.69) is 5.32 Å². The molecule has 0 aromatic heterocycles. The third kappa shape index (κ3) is 2.45. The maximum atomic E-state index is 10.6. The molecule has 0 aliphatic heterocycles. The maximum absolute atomic E-state index is 10.6. The molecule has 62 valence electrons. The van der Waals surface area contributed by atoms with Crippen molar-refractivity contribution < 1.29 is 11.3 Å². The number of hydrogen-bond acceptors (Lipinski definition) is 2. The third-order valence-electron chi connectivity index (χ3n) is 1.41. The van der Waals surface area contributed by atoms with Crippen LogP contribution in [-0.4, -0.2) is 11.0 Å². The summed E-state index contributed by atoms with van der Waals surface area (Å²) in [7, 11) is 0. The molecule has 1 aliphatic rings. The second-order valence-corrected chi connectivity index (χ2v) is 2.52. The van der Waals surface area contributed by atoms with Gasteiger partial charge < -0.3 is 10.4 Å². The Bertz CT molecular complexity index is 233. The van der Waals surface area contributed by atoms with Crippen LogP contribution in [-0.2, 0) is 4.79 Å². The monoisotopic (exact) mass is 155 g/mol. The van der Waals surface area contributed by atoms with Gasteiger partial charge in [0.1, 0.15) is 0 Å². The molecule has 3 nitrogen and oxygen atoms in total. The Hall–Kier alpha value is -1.25. The Morgan fingerprint density at radius 1 is 1.82 bits per heavy atom. The van der Waals surface area contributed by atoms with Crippen LogP contribution in [0.25, 0.3) is 0 Å². The Balaban J connectivity index is 0.00000121. The normalized spacial score (nSPS) is 16.8. The van der Waals surface area contributed by atoms with Gasteiger partial charge in [0.25, 0.3) is 0 Å². The van der Waals surface area contributed by atoms with Crippen LogP contribution in [0.4, 0.5) is 0 Å². The fourth-order valence-electron chi connectivity index (χ4n) is 0.977. The van der Waals surface area contributed by atoms with E-state index in [1.54, 1.807) is 6.08 Å². The number of hydrogen-bond donors (Lipinski definition) is 2. The first-order valence-electron chi connectivity index (χ1n) is 3.56. The zero-order valence-electron chi connectivity index (χ0n) is 6.42. The number of allylic oxidation sites excluding steroid dienone is 3. The van der Waals surface area contributed by atoms with Crippen LogP contribution in [0.3, 0.4) is 0 Å². The average Bonchev–Trinajstić information content (AvgIpc) is 1.85. The molecule has 0 unspecified atom stereocenters. The van der Waals surface area contributed by atoms with Gasteiger partial charge in [-0.15, -0.1) is 0 Å². The summed E-state index contributed by atoms with van der Waals surface area (Å²) in [6.07, 6.45) is 4.92. The van der Waals surface area contributed by atoms with E-state index in [1.807, 2.05) is 6.08 Å². The van der Waals surface area contributed by atoms with Crippen molar-refractivity contribution in [2.75, 3.05) is 0 Å². The summed E-state index contributed by atoms with van der Waals surface area (Å²) in [4.78, 5) is 10.6. The minimum Gasteiger partial charge on any atom is -0.512 e. The topological polar surface area (TPSA) is 49.3 Å². The van der Waals surface area contributed by atoms with Crippen LogP contribution >= 0.6 is 0 Å². The fourth-order valence-corrected chi connectivity index (χ4v) is 0.977. The van der Waals surface area contributed by atoms with Gasteiger partial charge in [0, 0.05) is 20.5 Å². The van der Waals surface area contributed by atoms with Gasteiger partial charge >= 0.3 is 0 Å². The number of amides is 1. The van der Waals surface area contributed by atoms with Gasteiger partial charge in [-0.3, -0.25) is 4.79 Å². The van der Waals surface area contributed by atoms with Crippen molar-refractivity contribution in [1.82, 2.24) is 5.32 Å². The molecule has 11 heavy (non-hydrogen) atoms. The van der Waals surface area contributed by atoms with Gasteiger partial charge in [0.05, 0.1) is 5.76 Å². The lowest BCUT2D eigenvalue weighted by Gasteiger charge is -2.08. The molecule has 0 radical (unpaired) electrons. The molecule has 3 heteroatoms. The summed E-state index contributed by atoms with van der Waals surface area (Å²) in [6, 6.07) is 0. The highest BCUT2D eigenvalue weighted by Gasteiger charge is 2.03. The molecule has 0 spiro atoms. The van der Waals surface area contributed by atoms with E-state index in [0.29, 0.717) is 17.9 Å². The van der Waals surface area contributed by atoms with Gasteiger partial charge in [0.15, 0.2) is 0 Å². The third-order valence-corrected chi connectivity index (χ3v) is 1.41. The van der Waals surface area contributed by atoms with E-state index in [-0.39, 0.29) is 7.33 Å². The van der Waals surface area contributed by atoms with E-state index >= 15 is 0 Å². The Labute approximate surface area is 66.9 Å². The van der Waals surface area contributed by atoms with Crippen molar-refractivity contribution in [2.24, 2.45) is 0 Å². The molecule has 0 atom stereocenters. The summed E-state index contributed by atoms with van der Waals surface area (Å²) in [5.41, 5.74) is 0.696. The van der Waals surface area contributed by atoms with Crippen LogP contribution in [0.15, 0.2) is 23.6 Å². The van der Waals surface area contributed by atoms with E-state index < -0.39 is 0 Å². The average molecular weight is 155 g/mol. The van der Waals surface area contributed by atoms with Gasteiger partial charge in [-0.1, -0.05) is 6.08 Å². The molecule has 2 N–H and O–H groups in total. The number of carbonyl (C=O) groups excluding carboxylic acids is 1. The molecule has 0 aromatic rings. The Morgan fingerprint density at radius 2 is 2.55 bits per heavy atom. The molecule has 0 aromatic carbocycles. The summed E-state index contributed by atoms with van der Waals surface area (Å²) >= 11 is 0. The zero-order chi connectivity index (χ0) is 8.27. The summed E-state index contributed by atoms with van der Waals surface area (Å²) in [6.45, 7) is 1.44. The quantitative estimate of drug-likeness (QED) is 0.602. The largest absolute Gasteiger partial charge is 0.512 e. The SMILES string of the molecule is CC(=O)NC1=CCCC(O)=C1.[HH]. The molecule has 0 fully saturated rings. The summed E-state index contributed by atoms with van der Waals surface area (Å²) in [5, 5.41) is 11.7. The first-order valence-corrected chi connectivity index (χ1v) is 3.56. The summed E-state index contributed by atoms with van der Waals surface area (Å²) in [5.74, 6) is 0.221. The minimum atomic E-state index is -0.109. The van der Waals surface area contributed by atoms with E-state index in [0.717, 1.165) is 6.42 Å². The molecule has 0 saturated carbocycles. The lowest BCUT2D eigenvalue weighted by Crippen LogP contribution is -2.19. The number of carbonyl (C=O) groups is 1. The first kappa shape index (κ1) is 7.85. The van der Waals surface area contributed by atoms with E-state index in [9.17, 15) is 4.79 Å². The molecule has 1 amide bonds. The van der Waals surface area contributed by atoms with Crippen molar-refractivity contribution in [1.29, 1.82) is 0 Å². The molecular formula is C8H13NO2. The van der Waals surface area contributed by atoms with Crippen LogP contribution in [0.5, 0.6) is 0 Å². The van der Waals surface area contributed by atoms with Crippen LogP contribution in [0.2, 0.25) is 0 Å². The Kier molecular flexibility index (Phi) is 2.31. The maximum Gasteiger partial charge on any atom is 0.221 e. The highest BCUT2D eigenvalue weighted by molar-refractivity contribution is 5.75. The van der Waals surface area contributed by atoms with Crippen molar-refractivity contribution >= 4 is 5.91 Å². The van der Waals surface area contributed by atoms with E-state index in [1.165, 1.54) is 6.92 Å². The van der Waals surface area contributed by atoms with Crippen molar-refractivity contribution in [3.05, 3.63) is 23.6 Å². The van der Waals surface area contributed by atoms with Gasteiger partial charge in [-0.05, 0) is 12.5 Å². The lowest BCUT2D eigenvalue weighted by molar-refractivity contribution is -0.118. The standard InChI is InChI=1S/C8H11NO2.H2/c1-6(10)9-7-3-2-4-8(11)5-7;/h3,5,11H,2,4H2,1H3,(H,9,10);1H. The van der Waals surface area contributed by atoms with Crippen molar-refractivity contribution in [3.63, 3.8) is 0 Å². The second-order valence-electron chi connectivity index (χ2n) is 2.52. The Morgan fingerprint density at radius 3 is 3.09 bits per heavy atom. The lowest BCUT2D eigenvalue weighted by atomic mass is 10.1. The number of aliphatic hydroxyl groups is 1. The van der Waals surface area contributed by atoms with Gasteiger partial charge in [-0.2, -0.15) is 0 Å². The van der Waals surface area contributed by atoms with Gasteiger partial charge in [-0.25, -0.2) is 0 Å². The smallest absolute Gasteiger partial charge is 0.221 e. The molecule has 0 saturated heterocycles. The fraction of sp³-hybridized carbons (Fsp3) is 0.375. The first-order chi connectivity index (χ1) is 5.18. The molecule has 0 heterocycles. The summed E-state index contributed by atoms with van der Waals surface area (Å²) < 4.78 is 0. The second kappa shape index (κ2) is 3.23. The van der Waals surface area contributed by atoms with Crippen LogP contribution < -0.4 is 5.32 Å². The molecular weight excluding hydrogens is 142 g/mol. The highest BCUT2D eigenvalue weighted by Crippen LogP contribution is 2.12.